The van der Waals surface area contributed by atoms with Crippen LogP contribution in [-0.2, 0) is 7.05 Å². The number of halogens is 3. The van der Waals surface area contributed by atoms with Gasteiger partial charge in [0, 0.05) is 18.2 Å². The average Bonchev–Trinajstić information content (AvgIpc) is 2.91. The third kappa shape index (κ3) is 2.41. The van der Waals surface area contributed by atoms with E-state index in [9.17, 15) is 4.39 Å². The molecule has 0 aliphatic heterocycles. The first-order valence-corrected chi connectivity index (χ1v) is 7.59. The molecule has 21 heavy (non-hydrogen) atoms. The quantitative estimate of drug-likeness (QED) is 0.724. The van der Waals surface area contributed by atoms with Crippen molar-refractivity contribution in [1.82, 2.24) is 9.78 Å². The average molecular weight is 342 g/mol. The molecule has 0 saturated carbocycles. The van der Waals surface area contributed by atoms with Crippen molar-refractivity contribution in [2.75, 3.05) is 5.73 Å². The molecule has 3 nitrogen and oxygen atoms in total. The Bertz CT molecular complexity index is 826. The topological polar surface area (TPSA) is 43.8 Å². The minimum atomic E-state index is -0.365. The minimum Gasteiger partial charge on any atom is -0.383 e. The van der Waals surface area contributed by atoms with Gasteiger partial charge >= 0.3 is 0 Å². The van der Waals surface area contributed by atoms with Crippen LogP contribution in [0.4, 0.5) is 10.2 Å². The number of hydrogen-bond acceptors (Lipinski definition) is 3. The lowest BCUT2D eigenvalue weighted by molar-refractivity contribution is 0.631. The van der Waals surface area contributed by atoms with E-state index in [1.54, 1.807) is 31.3 Å². The summed E-state index contributed by atoms with van der Waals surface area (Å²) in [5, 5.41) is 4.36. The van der Waals surface area contributed by atoms with Gasteiger partial charge in [0.1, 0.15) is 21.7 Å². The van der Waals surface area contributed by atoms with Crippen LogP contribution in [0.3, 0.4) is 0 Å². The first-order valence-electron chi connectivity index (χ1n) is 6.01. The number of nitrogen functional groups attached to an aromatic ring is 1. The molecule has 3 rings (SSSR count). The Labute approximate surface area is 134 Å². The standard InChI is InChI=1S/C14H10Cl2FN3S/c1-20-14(18)11(7-4-2-3-5-9(7)17)12(19-20)8-6-10(15)21-13(8)16/h2-6H,18H2,1H3. The lowest BCUT2D eigenvalue weighted by atomic mass is 10.0. The fourth-order valence-corrected chi connectivity index (χ4v) is 3.62. The Balaban J connectivity index is 2.31. The van der Waals surface area contributed by atoms with Gasteiger partial charge in [0.25, 0.3) is 0 Å². The van der Waals surface area contributed by atoms with Gasteiger partial charge in [-0.2, -0.15) is 5.10 Å². The van der Waals surface area contributed by atoms with Crippen molar-refractivity contribution < 1.29 is 4.39 Å². The lowest BCUT2D eigenvalue weighted by Crippen LogP contribution is -1.98. The number of thiophene rings is 1. The summed E-state index contributed by atoms with van der Waals surface area (Å²) in [5.74, 6) is 0.00406. The summed E-state index contributed by atoms with van der Waals surface area (Å²) < 4.78 is 16.7. The zero-order valence-corrected chi connectivity index (χ0v) is 13.2. The van der Waals surface area contributed by atoms with E-state index in [-0.39, 0.29) is 5.82 Å². The minimum absolute atomic E-state index is 0.365. The summed E-state index contributed by atoms with van der Waals surface area (Å²) in [6.45, 7) is 0. The van der Waals surface area contributed by atoms with Crippen molar-refractivity contribution in [1.29, 1.82) is 0 Å². The van der Waals surface area contributed by atoms with Crippen LogP contribution in [0.2, 0.25) is 8.67 Å². The van der Waals surface area contributed by atoms with Gasteiger partial charge in [-0.05, 0) is 12.1 Å². The molecule has 3 aromatic rings. The molecule has 0 aliphatic carbocycles. The zero-order chi connectivity index (χ0) is 15.1. The number of hydrogen-bond donors (Lipinski definition) is 1. The number of rotatable bonds is 2. The third-order valence-corrected chi connectivity index (χ3v) is 4.63. The van der Waals surface area contributed by atoms with Crippen molar-refractivity contribution >= 4 is 40.4 Å². The summed E-state index contributed by atoms with van der Waals surface area (Å²) in [6.07, 6.45) is 0. The maximum absolute atomic E-state index is 14.1. The van der Waals surface area contributed by atoms with Gasteiger partial charge in [-0.3, -0.25) is 4.68 Å². The Kier molecular flexibility index (Phi) is 3.65. The monoisotopic (exact) mass is 341 g/mol. The van der Waals surface area contributed by atoms with E-state index in [2.05, 4.69) is 5.10 Å². The molecule has 7 heteroatoms. The van der Waals surface area contributed by atoms with Gasteiger partial charge in [-0.25, -0.2) is 4.39 Å². The highest BCUT2D eigenvalue weighted by Crippen LogP contribution is 2.43. The summed E-state index contributed by atoms with van der Waals surface area (Å²) in [4.78, 5) is 0. The smallest absolute Gasteiger partial charge is 0.131 e. The van der Waals surface area contributed by atoms with Crippen molar-refractivity contribution in [3.63, 3.8) is 0 Å². The van der Waals surface area contributed by atoms with Crippen LogP contribution in [0.15, 0.2) is 30.3 Å². The molecule has 2 N–H and O–H groups in total. The largest absolute Gasteiger partial charge is 0.383 e. The van der Waals surface area contributed by atoms with Gasteiger partial charge in [0.15, 0.2) is 0 Å². The summed E-state index contributed by atoms with van der Waals surface area (Å²) in [5.41, 5.74) is 8.14. The highest BCUT2D eigenvalue weighted by molar-refractivity contribution is 7.20. The first-order chi connectivity index (χ1) is 9.99. The lowest BCUT2D eigenvalue weighted by Gasteiger charge is -2.05. The molecule has 0 amide bonds. The van der Waals surface area contributed by atoms with Crippen LogP contribution in [-0.4, -0.2) is 9.78 Å². The van der Waals surface area contributed by atoms with Gasteiger partial charge < -0.3 is 5.73 Å². The fraction of sp³-hybridized carbons (Fsp3) is 0.0714. The van der Waals surface area contributed by atoms with Crippen LogP contribution in [0.5, 0.6) is 0 Å². The molecule has 0 radical (unpaired) electrons. The van der Waals surface area contributed by atoms with E-state index >= 15 is 0 Å². The second-order valence-electron chi connectivity index (χ2n) is 4.45. The number of aromatic nitrogens is 2. The second kappa shape index (κ2) is 5.33. The van der Waals surface area contributed by atoms with Gasteiger partial charge in [-0.15, -0.1) is 11.3 Å². The summed E-state index contributed by atoms with van der Waals surface area (Å²) in [6, 6.07) is 8.12. The fourth-order valence-electron chi connectivity index (χ4n) is 2.16. The summed E-state index contributed by atoms with van der Waals surface area (Å²) >= 11 is 13.4. The molecule has 0 fully saturated rings. The third-order valence-electron chi connectivity index (χ3n) is 3.15. The summed E-state index contributed by atoms with van der Waals surface area (Å²) in [7, 11) is 1.70. The van der Waals surface area contributed by atoms with Crippen molar-refractivity contribution in [2.45, 2.75) is 0 Å². The normalized spacial score (nSPS) is 11.0. The molecule has 0 aliphatic rings. The molecule has 0 bridgehead atoms. The van der Waals surface area contributed by atoms with Gasteiger partial charge in [0.2, 0.25) is 0 Å². The number of aryl methyl sites for hydroxylation is 1. The predicted molar refractivity (Wildman–Crippen MR) is 86.3 cm³/mol. The number of anilines is 1. The maximum atomic E-state index is 14.1. The molecule has 2 aromatic heterocycles. The Hall–Kier alpha value is -1.56. The SMILES string of the molecule is Cn1nc(-c2cc(Cl)sc2Cl)c(-c2ccccc2F)c1N. The van der Waals surface area contributed by atoms with Crippen LogP contribution in [0.25, 0.3) is 22.4 Å². The van der Waals surface area contributed by atoms with Gasteiger partial charge in [-0.1, -0.05) is 41.4 Å². The Morgan fingerprint density at radius 3 is 2.57 bits per heavy atom. The molecule has 108 valence electrons. The number of benzene rings is 1. The Morgan fingerprint density at radius 2 is 1.95 bits per heavy atom. The molecular formula is C14H10Cl2FN3S. The maximum Gasteiger partial charge on any atom is 0.131 e. The molecule has 0 spiro atoms. The molecule has 0 saturated heterocycles. The van der Waals surface area contributed by atoms with Crippen molar-refractivity contribution in [3.8, 4) is 22.4 Å². The first kappa shape index (κ1) is 14.4. The zero-order valence-electron chi connectivity index (χ0n) is 10.9. The molecule has 1 aromatic carbocycles. The highest BCUT2D eigenvalue weighted by atomic mass is 35.5. The predicted octanol–water partition coefficient (Wildman–Crippen LogP) is 4.84. The number of nitrogens with zero attached hydrogens (tertiary/aromatic N) is 2. The van der Waals surface area contributed by atoms with E-state index in [1.807, 2.05) is 0 Å². The molecule has 0 unspecified atom stereocenters. The van der Waals surface area contributed by atoms with Crippen LogP contribution >= 0.6 is 34.5 Å². The molecule has 0 atom stereocenters. The molecular weight excluding hydrogens is 332 g/mol. The van der Waals surface area contributed by atoms with Crippen molar-refractivity contribution in [2.24, 2.45) is 7.05 Å². The van der Waals surface area contributed by atoms with E-state index in [0.29, 0.717) is 36.9 Å². The van der Waals surface area contributed by atoms with Gasteiger partial charge in [0.05, 0.1) is 9.90 Å². The second-order valence-corrected chi connectivity index (χ2v) is 6.74. The van der Waals surface area contributed by atoms with Crippen LogP contribution in [0, 0.1) is 5.82 Å². The van der Waals surface area contributed by atoms with E-state index in [1.165, 1.54) is 22.1 Å². The molecule has 2 heterocycles. The highest BCUT2D eigenvalue weighted by Gasteiger charge is 2.22. The van der Waals surface area contributed by atoms with E-state index in [4.69, 9.17) is 28.9 Å². The van der Waals surface area contributed by atoms with E-state index in [0.717, 1.165) is 0 Å². The van der Waals surface area contributed by atoms with Crippen LogP contribution in [0.1, 0.15) is 0 Å². The number of nitrogens with two attached hydrogens (primary N) is 1. The van der Waals surface area contributed by atoms with Crippen molar-refractivity contribution in [3.05, 3.63) is 44.8 Å². The van der Waals surface area contributed by atoms with Crippen LogP contribution < -0.4 is 5.73 Å². The Morgan fingerprint density at radius 1 is 1.24 bits per heavy atom. The van der Waals surface area contributed by atoms with E-state index < -0.39 is 0 Å².